The van der Waals surface area contributed by atoms with Gasteiger partial charge >= 0.3 is 5.97 Å². The number of piperidine rings is 1. The number of hydrogen-bond acceptors (Lipinski definition) is 4. The summed E-state index contributed by atoms with van der Waals surface area (Å²) in [5.41, 5.74) is 0.962. The smallest absolute Gasteiger partial charge is 0.307 e. The van der Waals surface area contributed by atoms with Crippen LogP contribution in [0.3, 0.4) is 0 Å². The number of hydrogen-bond donors (Lipinski definition) is 1. The molecule has 1 fully saturated rings. The van der Waals surface area contributed by atoms with Gasteiger partial charge in [0, 0.05) is 18.8 Å². The number of carbonyl (C=O) groups is 2. The lowest BCUT2D eigenvalue weighted by molar-refractivity contribution is -0.143. The van der Waals surface area contributed by atoms with E-state index in [0.29, 0.717) is 13.2 Å². The molecule has 21 heavy (non-hydrogen) atoms. The summed E-state index contributed by atoms with van der Waals surface area (Å²) in [5, 5.41) is 2.90. The Bertz CT molecular complexity index is 476. The normalized spacial score (nSPS) is 18.0. The molecule has 1 aliphatic heterocycles. The van der Waals surface area contributed by atoms with Crippen molar-refractivity contribution in [3.05, 3.63) is 30.3 Å². The zero-order valence-electron chi connectivity index (χ0n) is 12.4. The Morgan fingerprint density at radius 1 is 1.38 bits per heavy atom. The van der Waals surface area contributed by atoms with E-state index < -0.39 is 0 Å². The summed E-state index contributed by atoms with van der Waals surface area (Å²) in [7, 11) is 0. The van der Waals surface area contributed by atoms with E-state index in [1.165, 1.54) is 0 Å². The SMILES string of the molecule is CCOC(=O)CCN(c1ccccc1)C1CCCNC1=O. The predicted octanol–water partition coefficient (Wildman–Crippen LogP) is 1.72. The van der Waals surface area contributed by atoms with E-state index >= 15 is 0 Å². The molecule has 0 aliphatic carbocycles. The Morgan fingerprint density at radius 2 is 2.14 bits per heavy atom. The average molecular weight is 290 g/mol. The summed E-state index contributed by atoms with van der Waals surface area (Å²) in [6, 6.07) is 9.53. The maximum absolute atomic E-state index is 12.1. The van der Waals surface area contributed by atoms with Crippen LogP contribution in [0.25, 0.3) is 0 Å². The van der Waals surface area contributed by atoms with Crippen molar-refractivity contribution < 1.29 is 14.3 Å². The second kappa shape index (κ2) is 7.67. The number of anilines is 1. The summed E-state index contributed by atoms with van der Waals surface area (Å²) < 4.78 is 4.98. The minimum absolute atomic E-state index is 0.0361. The van der Waals surface area contributed by atoms with Gasteiger partial charge in [0.25, 0.3) is 0 Å². The number of ether oxygens (including phenoxy) is 1. The summed E-state index contributed by atoms with van der Waals surface area (Å²) >= 11 is 0. The fourth-order valence-corrected chi connectivity index (χ4v) is 2.58. The molecule has 1 aromatic rings. The standard InChI is InChI=1S/C16H22N2O3/c1-2-21-15(19)10-12-18(13-7-4-3-5-8-13)14-9-6-11-17-16(14)20/h3-5,7-8,14H,2,6,9-12H2,1H3,(H,17,20). The first-order chi connectivity index (χ1) is 10.2. The van der Waals surface area contributed by atoms with Gasteiger partial charge in [-0.3, -0.25) is 9.59 Å². The van der Waals surface area contributed by atoms with Crippen molar-refractivity contribution in [1.82, 2.24) is 5.32 Å². The molecule has 5 heteroatoms. The molecule has 1 aromatic carbocycles. The van der Waals surface area contributed by atoms with Gasteiger partial charge in [0.15, 0.2) is 0 Å². The maximum Gasteiger partial charge on any atom is 0.307 e. The van der Waals surface area contributed by atoms with Crippen molar-refractivity contribution in [3.8, 4) is 0 Å². The van der Waals surface area contributed by atoms with Gasteiger partial charge in [0.1, 0.15) is 6.04 Å². The molecular formula is C16H22N2O3. The first-order valence-corrected chi connectivity index (χ1v) is 7.47. The highest BCUT2D eigenvalue weighted by atomic mass is 16.5. The molecule has 1 saturated heterocycles. The highest BCUT2D eigenvalue weighted by Crippen LogP contribution is 2.21. The van der Waals surface area contributed by atoms with E-state index in [1.807, 2.05) is 35.2 Å². The van der Waals surface area contributed by atoms with Crippen molar-refractivity contribution >= 4 is 17.6 Å². The van der Waals surface area contributed by atoms with E-state index in [2.05, 4.69) is 5.32 Å². The minimum atomic E-state index is -0.227. The fraction of sp³-hybridized carbons (Fsp3) is 0.500. The third-order valence-electron chi connectivity index (χ3n) is 3.58. The molecule has 0 aromatic heterocycles. The van der Waals surface area contributed by atoms with Crippen molar-refractivity contribution in [1.29, 1.82) is 0 Å². The Balaban J connectivity index is 2.10. The zero-order valence-corrected chi connectivity index (χ0v) is 12.4. The second-order valence-electron chi connectivity index (χ2n) is 5.03. The van der Waals surface area contributed by atoms with Gasteiger partial charge in [0.2, 0.25) is 5.91 Å². The van der Waals surface area contributed by atoms with Crippen LogP contribution in [0, 0.1) is 0 Å². The molecule has 0 radical (unpaired) electrons. The minimum Gasteiger partial charge on any atom is -0.466 e. The molecule has 1 unspecified atom stereocenters. The Labute approximate surface area is 125 Å². The molecular weight excluding hydrogens is 268 g/mol. The van der Waals surface area contributed by atoms with Crippen molar-refractivity contribution in [2.45, 2.75) is 32.2 Å². The number of benzene rings is 1. The van der Waals surface area contributed by atoms with Crippen LogP contribution in [0.15, 0.2) is 30.3 Å². The van der Waals surface area contributed by atoms with Crippen molar-refractivity contribution in [2.24, 2.45) is 0 Å². The lowest BCUT2D eigenvalue weighted by atomic mass is 10.0. The predicted molar refractivity (Wildman–Crippen MR) is 81.1 cm³/mol. The van der Waals surface area contributed by atoms with Gasteiger partial charge in [-0.05, 0) is 31.9 Å². The molecule has 2 rings (SSSR count). The molecule has 0 saturated carbocycles. The molecule has 0 spiro atoms. The molecule has 1 aliphatic rings. The maximum atomic E-state index is 12.1. The summed E-state index contributed by atoms with van der Waals surface area (Å²) in [6.45, 7) is 3.40. The summed E-state index contributed by atoms with van der Waals surface area (Å²) in [5.74, 6) is -0.191. The van der Waals surface area contributed by atoms with Gasteiger partial charge in [-0.2, -0.15) is 0 Å². The average Bonchev–Trinajstić information content (AvgIpc) is 2.50. The third kappa shape index (κ3) is 4.21. The van der Waals surface area contributed by atoms with Gasteiger partial charge < -0.3 is 15.0 Å². The molecule has 1 amide bonds. The lowest BCUT2D eigenvalue weighted by Gasteiger charge is -2.35. The number of rotatable bonds is 6. The van der Waals surface area contributed by atoms with Crippen LogP contribution in [0.2, 0.25) is 0 Å². The number of para-hydroxylation sites is 1. The van der Waals surface area contributed by atoms with Crippen LogP contribution in [-0.4, -0.2) is 37.6 Å². The van der Waals surface area contributed by atoms with Crippen LogP contribution in [-0.2, 0) is 14.3 Å². The number of nitrogens with zero attached hydrogens (tertiary/aromatic N) is 1. The van der Waals surface area contributed by atoms with Crippen LogP contribution in [0.4, 0.5) is 5.69 Å². The number of nitrogens with one attached hydrogen (secondary N) is 1. The quantitative estimate of drug-likeness (QED) is 0.811. The number of amides is 1. The molecule has 114 valence electrons. The van der Waals surface area contributed by atoms with Crippen LogP contribution in [0.5, 0.6) is 0 Å². The monoisotopic (exact) mass is 290 g/mol. The van der Waals surface area contributed by atoms with Gasteiger partial charge in [-0.15, -0.1) is 0 Å². The molecule has 1 N–H and O–H groups in total. The largest absolute Gasteiger partial charge is 0.466 e. The third-order valence-corrected chi connectivity index (χ3v) is 3.58. The Hall–Kier alpha value is -2.04. The van der Waals surface area contributed by atoms with Crippen LogP contribution >= 0.6 is 0 Å². The van der Waals surface area contributed by atoms with E-state index in [1.54, 1.807) is 6.92 Å². The highest BCUT2D eigenvalue weighted by Gasteiger charge is 2.28. The Morgan fingerprint density at radius 3 is 2.81 bits per heavy atom. The van der Waals surface area contributed by atoms with Crippen LogP contribution in [0.1, 0.15) is 26.2 Å². The van der Waals surface area contributed by atoms with Gasteiger partial charge in [-0.25, -0.2) is 0 Å². The lowest BCUT2D eigenvalue weighted by Crippen LogP contribution is -2.51. The number of carbonyl (C=O) groups excluding carboxylic acids is 2. The molecule has 1 heterocycles. The molecule has 1 atom stereocenters. The number of esters is 1. The van der Waals surface area contributed by atoms with Gasteiger partial charge in [0.05, 0.1) is 13.0 Å². The summed E-state index contributed by atoms with van der Waals surface area (Å²) in [6.07, 6.45) is 2.05. The fourth-order valence-electron chi connectivity index (χ4n) is 2.58. The first-order valence-electron chi connectivity index (χ1n) is 7.47. The van der Waals surface area contributed by atoms with E-state index in [4.69, 9.17) is 4.74 Å². The summed E-state index contributed by atoms with van der Waals surface area (Å²) in [4.78, 5) is 25.7. The van der Waals surface area contributed by atoms with E-state index in [0.717, 1.165) is 25.1 Å². The molecule has 5 nitrogen and oxygen atoms in total. The second-order valence-corrected chi connectivity index (χ2v) is 5.03. The van der Waals surface area contributed by atoms with Crippen molar-refractivity contribution in [3.63, 3.8) is 0 Å². The zero-order chi connectivity index (χ0) is 15.1. The Kier molecular flexibility index (Phi) is 5.60. The van der Waals surface area contributed by atoms with E-state index in [9.17, 15) is 9.59 Å². The van der Waals surface area contributed by atoms with Gasteiger partial charge in [-0.1, -0.05) is 18.2 Å². The highest BCUT2D eigenvalue weighted by molar-refractivity contribution is 5.86. The van der Waals surface area contributed by atoms with Crippen LogP contribution < -0.4 is 10.2 Å². The van der Waals surface area contributed by atoms with Crippen molar-refractivity contribution in [2.75, 3.05) is 24.6 Å². The topological polar surface area (TPSA) is 58.6 Å². The van der Waals surface area contributed by atoms with E-state index in [-0.39, 0.29) is 24.3 Å². The molecule has 0 bridgehead atoms. The first kappa shape index (κ1) is 15.4.